The van der Waals surface area contributed by atoms with E-state index < -0.39 is 0 Å². The molecule has 6 heteroatoms. The van der Waals surface area contributed by atoms with Crippen LogP contribution in [0.4, 0.5) is 4.39 Å². The molecule has 1 aliphatic heterocycles. The van der Waals surface area contributed by atoms with E-state index in [0.29, 0.717) is 11.4 Å². The van der Waals surface area contributed by atoms with E-state index in [0.717, 1.165) is 11.4 Å². The number of nitrogens with zero attached hydrogens (tertiary/aromatic N) is 3. The lowest BCUT2D eigenvalue weighted by Gasteiger charge is -2.13. The molecule has 2 amide bonds. The number of aromatic nitrogens is 1. The number of halogens is 1. The predicted octanol–water partition coefficient (Wildman–Crippen LogP) is 2.76. The number of benzene rings is 1. The van der Waals surface area contributed by atoms with Gasteiger partial charge in [0.15, 0.2) is 0 Å². The quantitative estimate of drug-likeness (QED) is 0.486. The van der Waals surface area contributed by atoms with Gasteiger partial charge in [-0.3, -0.25) is 9.59 Å². The normalized spacial score (nSPS) is 29.3. The minimum atomic E-state index is -0.358. The summed E-state index contributed by atoms with van der Waals surface area (Å²) in [5, 5.41) is 5.16. The monoisotopic (exact) mass is 349 g/mol. The summed E-state index contributed by atoms with van der Waals surface area (Å²) >= 11 is 0. The highest BCUT2D eigenvalue weighted by Crippen LogP contribution is 2.52. The molecule has 1 aromatic carbocycles. The molecule has 4 unspecified atom stereocenters. The summed E-state index contributed by atoms with van der Waals surface area (Å²) in [5.41, 5.74) is 0.978. The standard InChI is InChI=1S/C20H16FN3O2/c21-15-5-1-2-6-16(15)23-9-3-4-14(23)11-22-24-19(25)17-12-7-8-13(10-12)18(17)20(24)26/h1-9,11-13,17-18H,10H2. The van der Waals surface area contributed by atoms with Crippen molar-refractivity contribution in [2.24, 2.45) is 28.8 Å². The van der Waals surface area contributed by atoms with Gasteiger partial charge < -0.3 is 4.57 Å². The minimum absolute atomic E-state index is 0.156. The molecule has 3 aliphatic rings. The minimum Gasteiger partial charge on any atom is -0.313 e. The number of hydrogen-bond acceptors (Lipinski definition) is 3. The molecule has 2 aliphatic carbocycles. The summed E-state index contributed by atoms with van der Waals surface area (Å²) in [6, 6.07) is 9.93. The van der Waals surface area contributed by atoms with Crippen LogP contribution in [0.2, 0.25) is 0 Å². The van der Waals surface area contributed by atoms with E-state index in [-0.39, 0.29) is 41.3 Å². The zero-order chi connectivity index (χ0) is 17.8. The van der Waals surface area contributed by atoms with Gasteiger partial charge >= 0.3 is 0 Å². The number of hydrogen-bond donors (Lipinski definition) is 0. The second-order valence-corrected chi connectivity index (χ2v) is 6.99. The van der Waals surface area contributed by atoms with Crippen molar-refractivity contribution < 1.29 is 14.0 Å². The van der Waals surface area contributed by atoms with E-state index in [4.69, 9.17) is 0 Å². The first-order valence-electron chi connectivity index (χ1n) is 8.67. The summed E-state index contributed by atoms with van der Waals surface area (Å²) in [5.74, 6) is -1.04. The first-order chi connectivity index (χ1) is 12.6. The van der Waals surface area contributed by atoms with Crippen molar-refractivity contribution >= 4 is 18.0 Å². The zero-order valence-electron chi connectivity index (χ0n) is 13.8. The second-order valence-electron chi connectivity index (χ2n) is 6.99. The number of rotatable bonds is 3. The fourth-order valence-electron chi connectivity index (χ4n) is 4.48. The van der Waals surface area contributed by atoms with Crippen molar-refractivity contribution in [1.29, 1.82) is 0 Å². The van der Waals surface area contributed by atoms with Crippen LogP contribution in [0.15, 0.2) is 59.8 Å². The smallest absolute Gasteiger partial charge is 0.254 e. The Labute approximate surface area is 149 Å². The fraction of sp³-hybridized carbons (Fsp3) is 0.250. The predicted molar refractivity (Wildman–Crippen MR) is 92.9 cm³/mol. The van der Waals surface area contributed by atoms with Crippen molar-refractivity contribution in [3.05, 3.63) is 66.3 Å². The van der Waals surface area contributed by atoms with Crippen molar-refractivity contribution in [1.82, 2.24) is 9.58 Å². The first-order valence-corrected chi connectivity index (χ1v) is 8.67. The molecule has 26 heavy (non-hydrogen) atoms. The summed E-state index contributed by atoms with van der Waals surface area (Å²) in [7, 11) is 0. The number of carbonyl (C=O) groups is 2. The second kappa shape index (κ2) is 5.49. The number of para-hydroxylation sites is 1. The highest BCUT2D eigenvalue weighted by molar-refractivity contribution is 6.06. The van der Waals surface area contributed by atoms with Gasteiger partial charge in [-0.15, -0.1) is 0 Å². The van der Waals surface area contributed by atoms with Gasteiger partial charge in [-0.2, -0.15) is 10.1 Å². The molecule has 130 valence electrons. The molecule has 1 aromatic heterocycles. The molecule has 5 rings (SSSR count). The van der Waals surface area contributed by atoms with Crippen LogP contribution < -0.4 is 0 Å². The summed E-state index contributed by atoms with van der Waals surface area (Å²) in [6.45, 7) is 0. The molecular formula is C20H16FN3O2. The lowest BCUT2D eigenvalue weighted by atomic mass is 9.85. The molecule has 2 aromatic rings. The van der Waals surface area contributed by atoms with Gasteiger partial charge in [0.2, 0.25) is 0 Å². The van der Waals surface area contributed by atoms with Crippen LogP contribution in [-0.2, 0) is 9.59 Å². The van der Waals surface area contributed by atoms with E-state index in [1.165, 1.54) is 12.3 Å². The van der Waals surface area contributed by atoms with E-state index in [9.17, 15) is 14.0 Å². The summed E-state index contributed by atoms with van der Waals surface area (Å²) < 4.78 is 15.7. The Bertz CT molecular complexity index is 947. The van der Waals surface area contributed by atoms with E-state index >= 15 is 0 Å². The maximum atomic E-state index is 14.1. The van der Waals surface area contributed by atoms with Crippen LogP contribution in [0.5, 0.6) is 0 Å². The van der Waals surface area contributed by atoms with Crippen LogP contribution >= 0.6 is 0 Å². The van der Waals surface area contributed by atoms with Crippen molar-refractivity contribution in [3.63, 3.8) is 0 Å². The SMILES string of the molecule is O=C1C2C3C=CC(C3)C2C(=O)N1N=Cc1cccn1-c1ccccc1F. The number of amides is 2. The van der Waals surface area contributed by atoms with E-state index in [1.807, 2.05) is 12.2 Å². The Morgan fingerprint density at radius 1 is 1.00 bits per heavy atom. The van der Waals surface area contributed by atoms with Gasteiger partial charge in [0.25, 0.3) is 11.8 Å². The third-order valence-corrected chi connectivity index (χ3v) is 5.64. The topological polar surface area (TPSA) is 54.7 Å². The average Bonchev–Trinajstić information content (AvgIpc) is 3.39. The Morgan fingerprint density at radius 2 is 1.69 bits per heavy atom. The molecule has 0 radical (unpaired) electrons. The largest absolute Gasteiger partial charge is 0.313 e. The van der Waals surface area contributed by atoms with E-state index in [1.54, 1.807) is 41.1 Å². The van der Waals surface area contributed by atoms with Gasteiger partial charge in [-0.05, 0) is 42.5 Å². The zero-order valence-corrected chi connectivity index (χ0v) is 13.8. The van der Waals surface area contributed by atoms with Crippen LogP contribution in [-0.4, -0.2) is 27.6 Å². The van der Waals surface area contributed by atoms with Gasteiger partial charge in [0.1, 0.15) is 5.82 Å². The van der Waals surface area contributed by atoms with Crippen molar-refractivity contribution in [3.8, 4) is 5.69 Å². The van der Waals surface area contributed by atoms with E-state index in [2.05, 4.69) is 5.10 Å². The molecule has 5 nitrogen and oxygen atoms in total. The molecule has 2 fully saturated rings. The molecule has 2 heterocycles. The van der Waals surface area contributed by atoms with Gasteiger partial charge in [-0.25, -0.2) is 4.39 Å². The van der Waals surface area contributed by atoms with Gasteiger partial charge in [0.05, 0.1) is 29.4 Å². The molecular weight excluding hydrogens is 333 g/mol. The highest BCUT2D eigenvalue weighted by Gasteiger charge is 2.59. The van der Waals surface area contributed by atoms with Crippen LogP contribution in [0, 0.1) is 29.5 Å². The molecule has 0 N–H and O–H groups in total. The van der Waals surface area contributed by atoms with Crippen LogP contribution in [0.3, 0.4) is 0 Å². The third kappa shape index (κ3) is 2.05. The van der Waals surface area contributed by atoms with Gasteiger partial charge in [0, 0.05) is 6.20 Å². The molecule has 2 bridgehead atoms. The number of fused-ring (bicyclic) bond motifs is 5. The first kappa shape index (κ1) is 15.3. The fourth-order valence-corrected chi connectivity index (χ4v) is 4.48. The average molecular weight is 349 g/mol. The maximum absolute atomic E-state index is 14.1. The molecule has 4 atom stereocenters. The number of allylic oxidation sites excluding steroid dienone is 2. The number of imide groups is 1. The number of carbonyl (C=O) groups excluding carboxylic acids is 2. The van der Waals surface area contributed by atoms with Crippen LogP contribution in [0.1, 0.15) is 12.1 Å². The Kier molecular flexibility index (Phi) is 3.22. The van der Waals surface area contributed by atoms with Gasteiger partial charge in [-0.1, -0.05) is 24.3 Å². The Hall–Kier alpha value is -3.02. The lowest BCUT2D eigenvalue weighted by Crippen LogP contribution is -2.28. The summed E-state index contributed by atoms with van der Waals surface area (Å²) in [6.07, 6.45) is 8.15. The van der Waals surface area contributed by atoms with Crippen molar-refractivity contribution in [2.45, 2.75) is 6.42 Å². The maximum Gasteiger partial charge on any atom is 0.254 e. The third-order valence-electron chi connectivity index (χ3n) is 5.64. The highest BCUT2D eigenvalue weighted by atomic mass is 19.1. The van der Waals surface area contributed by atoms with Crippen molar-refractivity contribution in [2.75, 3.05) is 0 Å². The molecule has 1 saturated carbocycles. The summed E-state index contributed by atoms with van der Waals surface area (Å²) in [4.78, 5) is 25.3. The van der Waals surface area contributed by atoms with Crippen LogP contribution in [0.25, 0.3) is 5.69 Å². The lowest BCUT2D eigenvalue weighted by molar-refractivity contribution is -0.140. The molecule has 0 spiro atoms. The molecule has 1 saturated heterocycles. The number of hydrazone groups is 1. The Morgan fingerprint density at radius 3 is 2.38 bits per heavy atom. The Balaban J connectivity index is 1.44.